The fourth-order valence-corrected chi connectivity index (χ4v) is 3.32. The molecule has 1 heterocycles. The summed E-state index contributed by atoms with van der Waals surface area (Å²) in [7, 11) is 1.71. The Bertz CT molecular complexity index is 802. The number of nitro groups is 1. The maximum absolute atomic E-state index is 12.9. The average molecular weight is 368 g/mol. The van der Waals surface area contributed by atoms with Crippen LogP contribution in [0.25, 0.3) is 0 Å². The van der Waals surface area contributed by atoms with Crippen LogP contribution in [0, 0.1) is 10.1 Å². The summed E-state index contributed by atoms with van der Waals surface area (Å²) in [5, 5.41) is 14.0. The molecule has 1 saturated heterocycles. The van der Waals surface area contributed by atoms with Crippen molar-refractivity contribution >= 4 is 17.3 Å². The van der Waals surface area contributed by atoms with Gasteiger partial charge in [-0.2, -0.15) is 0 Å². The van der Waals surface area contributed by atoms with E-state index in [0.29, 0.717) is 24.3 Å². The highest BCUT2D eigenvalue weighted by Crippen LogP contribution is 2.24. The van der Waals surface area contributed by atoms with Crippen LogP contribution in [0.2, 0.25) is 0 Å². The predicted octanol–water partition coefficient (Wildman–Crippen LogP) is 2.64. The molecular weight excluding hydrogens is 344 g/mol. The van der Waals surface area contributed by atoms with Gasteiger partial charge < -0.3 is 10.2 Å². The van der Waals surface area contributed by atoms with Gasteiger partial charge in [0.2, 0.25) is 0 Å². The Morgan fingerprint density at radius 3 is 2.44 bits per heavy atom. The summed E-state index contributed by atoms with van der Waals surface area (Å²) < 4.78 is 0. The summed E-state index contributed by atoms with van der Waals surface area (Å²) >= 11 is 0. The first-order valence-electron chi connectivity index (χ1n) is 9.10. The van der Waals surface area contributed by atoms with Gasteiger partial charge in [0.25, 0.3) is 11.6 Å². The third kappa shape index (κ3) is 4.62. The normalized spacial score (nSPS) is 14.8. The van der Waals surface area contributed by atoms with Crippen LogP contribution in [-0.2, 0) is 6.42 Å². The van der Waals surface area contributed by atoms with Crippen molar-refractivity contribution in [1.82, 2.24) is 9.80 Å². The smallest absolute Gasteiger partial charge is 0.270 e. The van der Waals surface area contributed by atoms with E-state index in [2.05, 4.69) is 22.3 Å². The number of benzene rings is 2. The van der Waals surface area contributed by atoms with Crippen LogP contribution in [0.15, 0.2) is 48.5 Å². The topological polar surface area (TPSA) is 78.7 Å². The standard InChI is InChI=1S/C20H24N4O3/c1-21-19-8-7-17(24(26)27)15-18(19)20(25)23-13-11-22(12-14-23)10-9-16-5-3-2-4-6-16/h2-8,15,21H,9-14H2,1H3. The number of anilines is 1. The zero-order chi connectivity index (χ0) is 19.2. The van der Waals surface area contributed by atoms with Gasteiger partial charge in [-0.3, -0.25) is 19.8 Å². The molecule has 2 aromatic carbocycles. The summed E-state index contributed by atoms with van der Waals surface area (Å²) in [5.74, 6) is -0.161. The highest BCUT2D eigenvalue weighted by molar-refractivity contribution is 6.00. The van der Waals surface area contributed by atoms with Crippen molar-refractivity contribution in [3.63, 3.8) is 0 Å². The summed E-state index contributed by atoms with van der Waals surface area (Å²) in [4.78, 5) is 27.6. The van der Waals surface area contributed by atoms with Crippen molar-refractivity contribution in [3.05, 3.63) is 69.8 Å². The van der Waals surface area contributed by atoms with Gasteiger partial charge >= 0.3 is 0 Å². The molecule has 142 valence electrons. The molecule has 7 heteroatoms. The van der Waals surface area contributed by atoms with Crippen molar-refractivity contribution in [2.75, 3.05) is 45.1 Å². The molecule has 0 saturated carbocycles. The first kappa shape index (κ1) is 18.8. The molecule has 1 N–H and O–H groups in total. The van der Waals surface area contributed by atoms with E-state index in [4.69, 9.17) is 0 Å². The maximum atomic E-state index is 12.9. The van der Waals surface area contributed by atoms with Gasteiger partial charge in [-0.25, -0.2) is 0 Å². The number of nitro benzene ring substituents is 1. The molecule has 0 radical (unpaired) electrons. The van der Waals surface area contributed by atoms with E-state index in [1.54, 1.807) is 18.0 Å². The van der Waals surface area contributed by atoms with Gasteiger partial charge in [-0.1, -0.05) is 30.3 Å². The van der Waals surface area contributed by atoms with Crippen molar-refractivity contribution < 1.29 is 9.72 Å². The molecule has 0 aliphatic carbocycles. The Morgan fingerprint density at radius 1 is 1.11 bits per heavy atom. The number of hydrogen-bond acceptors (Lipinski definition) is 5. The van der Waals surface area contributed by atoms with E-state index in [1.807, 2.05) is 18.2 Å². The van der Waals surface area contributed by atoms with Crippen LogP contribution in [0.5, 0.6) is 0 Å². The minimum Gasteiger partial charge on any atom is -0.387 e. The molecule has 0 aromatic heterocycles. The largest absolute Gasteiger partial charge is 0.387 e. The molecule has 0 spiro atoms. The first-order valence-corrected chi connectivity index (χ1v) is 9.10. The second-order valence-electron chi connectivity index (χ2n) is 6.61. The van der Waals surface area contributed by atoms with Gasteiger partial charge in [0.05, 0.1) is 10.5 Å². The Kier molecular flexibility index (Phi) is 6.03. The van der Waals surface area contributed by atoms with Crippen molar-refractivity contribution in [3.8, 4) is 0 Å². The van der Waals surface area contributed by atoms with Gasteiger partial charge in [0.15, 0.2) is 0 Å². The molecular formula is C20H24N4O3. The summed E-state index contributed by atoms with van der Waals surface area (Å²) in [6.45, 7) is 3.83. The van der Waals surface area contributed by atoms with Gasteiger partial charge in [-0.15, -0.1) is 0 Å². The third-order valence-corrected chi connectivity index (χ3v) is 4.93. The summed E-state index contributed by atoms with van der Waals surface area (Å²) in [5.41, 5.74) is 2.20. The molecule has 7 nitrogen and oxygen atoms in total. The van der Waals surface area contributed by atoms with E-state index in [1.165, 1.54) is 17.7 Å². The zero-order valence-electron chi connectivity index (χ0n) is 15.4. The summed E-state index contributed by atoms with van der Waals surface area (Å²) in [6, 6.07) is 14.7. The SMILES string of the molecule is CNc1ccc([N+](=O)[O-])cc1C(=O)N1CCN(CCc2ccccc2)CC1. The Balaban J connectivity index is 1.60. The van der Waals surface area contributed by atoms with Crippen LogP contribution in [-0.4, -0.2) is 60.4 Å². The average Bonchev–Trinajstić information content (AvgIpc) is 2.72. The van der Waals surface area contributed by atoms with Crippen molar-refractivity contribution in [1.29, 1.82) is 0 Å². The molecule has 2 aromatic rings. The Morgan fingerprint density at radius 2 is 1.81 bits per heavy atom. The molecule has 0 atom stereocenters. The number of non-ortho nitro benzene ring substituents is 1. The molecule has 1 amide bonds. The lowest BCUT2D eigenvalue weighted by atomic mass is 10.1. The molecule has 1 aliphatic rings. The highest BCUT2D eigenvalue weighted by Gasteiger charge is 2.25. The van der Waals surface area contributed by atoms with Crippen LogP contribution in [0.3, 0.4) is 0 Å². The van der Waals surface area contributed by atoms with Crippen molar-refractivity contribution in [2.24, 2.45) is 0 Å². The van der Waals surface area contributed by atoms with E-state index in [0.717, 1.165) is 26.1 Å². The van der Waals surface area contributed by atoms with E-state index in [9.17, 15) is 14.9 Å². The fraction of sp³-hybridized carbons (Fsp3) is 0.350. The number of hydrogen-bond donors (Lipinski definition) is 1. The number of carbonyl (C=O) groups excluding carboxylic acids is 1. The lowest BCUT2D eigenvalue weighted by Gasteiger charge is -2.35. The van der Waals surface area contributed by atoms with Crippen molar-refractivity contribution in [2.45, 2.75) is 6.42 Å². The van der Waals surface area contributed by atoms with Gasteiger partial charge in [0.1, 0.15) is 0 Å². The molecule has 27 heavy (non-hydrogen) atoms. The number of nitrogens with one attached hydrogen (secondary N) is 1. The van der Waals surface area contributed by atoms with Gasteiger partial charge in [0, 0.05) is 57.6 Å². The van der Waals surface area contributed by atoms with E-state index < -0.39 is 4.92 Å². The minimum atomic E-state index is -0.474. The minimum absolute atomic E-state index is 0.0705. The Hall–Kier alpha value is -2.93. The monoisotopic (exact) mass is 368 g/mol. The molecule has 1 aliphatic heterocycles. The number of nitrogens with zero attached hydrogens (tertiary/aromatic N) is 3. The van der Waals surface area contributed by atoms with Crippen LogP contribution < -0.4 is 5.32 Å². The number of rotatable bonds is 6. The number of piperazine rings is 1. The van der Waals surface area contributed by atoms with Crippen LogP contribution in [0.1, 0.15) is 15.9 Å². The molecule has 0 unspecified atom stereocenters. The molecule has 0 bridgehead atoms. The first-order chi connectivity index (χ1) is 13.1. The molecule has 1 fully saturated rings. The molecule has 3 rings (SSSR count). The number of amides is 1. The lowest BCUT2D eigenvalue weighted by Crippen LogP contribution is -2.49. The predicted molar refractivity (Wildman–Crippen MR) is 105 cm³/mol. The third-order valence-electron chi connectivity index (χ3n) is 4.93. The van der Waals surface area contributed by atoms with Gasteiger partial charge in [-0.05, 0) is 18.1 Å². The second kappa shape index (κ2) is 8.64. The van der Waals surface area contributed by atoms with Crippen LogP contribution in [0.4, 0.5) is 11.4 Å². The highest BCUT2D eigenvalue weighted by atomic mass is 16.6. The summed E-state index contributed by atoms with van der Waals surface area (Å²) in [6.07, 6.45) is 0.990. The second-order valence-corrected chi connectivity index (χ2v) is 6.61. The number of carbonyl (C=O) groups is 1. The fourth-order valence-electron chi connectivity index (χ4n) is 3.32. The maximum Gasteiger partial charge on any atom is 0.270 e. The zero-order valence-corrected chi connectivity index (χ0v) is 15.4. The lowest BCUT2D eigenvalue weighted by molar-refractivity contribution is -0.384. The Labute approximate surface area is 158 Å². The van der Waals surface area contributed by atoms with Crippen LogP contribution >= 0.6 is 0 Å². The quantitative estimate of drug-likeness (QED) is 0.626. The van der Waals surface area contributed by atoms with E-state index in [-0.39, 0.29) is 11.6 Å². The van der Waals surface area contributed by atoms with E-state index >= 15 is 0 Å².